The van der Waals surface area contributed by atoms with Crippen molar-refractivity contribution in [2.24, 2.45) is 0 Å². The molecule has 0 radical (unpaired) electrons. The van der Waals surface area contributed by atoms with Crippen LogP contribution < -0.4 is 10.1 Å². The van der Waals surface area contributed by atoms with E-state index >= 15 is 0 Å². The predicted octanol–water partition coefficient (Wildman–Crippen LogP) is 1.14. The van der Waals surface area contributed by atoms with Gasteiger partial charge in [-0.2, -0.15) is 0 Å². The van der Waals surface area contributed by atoms with Crippen molar-refractivity contribution in [3.05, 3.63) is 53.9 Å². The first-order valence-electron chi connectivity index (χ1n) is 9.21. The van der Waals surface area contributed by atoms with E-state index in [1.54, 1.807) is 19.4 Å². The van der Waals surface area contributed by atoms with E-state index in [1.165, 1.54) is 0 Å². The van der Waals surface area contributed by atoms with Gasteiger partial charge in [-0.05, 0) is 30.2 Å². The van der Waals surface area contributed by atoms with Crippen molar-refractivity contribution in [3.63, 3.8) is 0 Å². The van der Waals surface area contributed by atoms with Crippen molar-refractivity contribution in [2.45, 2.75) is 6.42 Å². The average Bonchev–Trinajstić information content (AvgIpc) is 3.23. The Morgan fingerprint density at radius 1 is 1.11 bits per heavy atom. The molecule has 144 valence electrons. The van der Waals surface area contributed by atoms with Gasteiger partial charge < -0.3 is 19.9 Å². The number of rotatable bonds is 7. The second-order valence-corrected chi connectivity index (χ2v) is 6.56. The number of piperazine rings is 1. The van der Waals surface area contributed by atoms with Gasteiger partial charge in [-0.15, -0.1) is 0 Å². The van der Waals surface area contributed by atoms with Crippen LogP contribution in [-0.2, 0) is 11.2 Å². The minimum absolute atomic E-state index is 0.00837. The molecule has 0 spiro atoms. The Morgan fingerprint density at radius 3 is 2.59 bits per heavy atom. The lowest BCUT2D eigenvalue weighted by molar-refractivity contribution is -0.122. The van der Waals surface area contributed by atoms with Crippen LogP contribution in [-0.4, -0.2) is 73.0 Å². The number of benzene rings is 1. The monoisotopic (exact) mass is 370 g/mol. The molecule has 2 heterocycles. The molecule has 1 aromatic carbocycles. The number of para-hydroxylation sites is 1. The van der Waals surface area contributed by atoms with Crippen LogP contribution in [0, 0.1) is 0 Å². The highest BCUT2D eigenvalue weighted by Crippen LogP contribution is 2.17. The lowest BCUT2D eigenvalue weighted by Gasteiger charge is -2.34. The number of carbonyl (C=O) groups is 2. The van der Waals surface area contributed by atoms with Gasteiger partial charge >= 0.3 is 0 Å². The van der Waals surface area contributed by atoms with Gasteiger partial charge in [0.05, 0.1) is 13.7 Å². The smallest absolute Gasteiger partial charge is 0.270 e. The number of nitrogens with zero attached hydrogens (tertiary/aromatic N) is 2. The summed E-state index contributed by atoms with van der Waals surface area (Å²) in [5.41, 5.74) is 1.69. The predicted molar refractivity (Wildman–Crippen MR) is 103 cm³/mol. The highest BCUT2D eigenvalue weighted by Gasteiger charge is 2.23. The van der Waals surface area contributed by atoms with E-state index in [9.17, 15) is 9.59 Å². The van der Waals surface area contributed by atoms with Crippen molar-refractivity contribution >= 4 is 11.8 Å². The van der Waals surface area contributed by atoms with E-state index in [2.05, 4.69) is 15.2 Å². The largest absolute Gasteiger partial charge is 0.496 e. The topological polar surface area (TPSA) is 77.7 Å². The number of nitrogens with one attached hydrogen (secondary N) is 2. The van der Waals surface area contributed by atoms with Crippen molar-refractivity contribution < 1.29 is 14.3 Å². The molecule has 1 fully saturated rings. The van der Waals surface area contributed by atoms with Crippen LogP contribution in [0.1, 0.15) is 16.1 Å². The summed E-state index contributed by atoms with van der Waals surface area (Å²) in [6.07, 6.45) is 2.48. The minimum atomic E-state index is 0.00837. The number of amides is 2. The third-order valence-corrected chi connectivity index (χ3v) is 4.76. The number of ether oxygens (including phenoxy) is 1. The highest BCUT2D eigenvalue weighted by molar-refractivity contribution is 5.92. The highest BCUT2D eigenvalue weighted by atomic mass is 16.5. The van der Waals surface area contributed by atoms with Gasteiger partial charge in [0.1, 0.15) is 11.4 Å². The number of carbonyl (C=O) groups excluding carboxylic acids is 2. The third-order valence-electron chi connectivity index (χ3n) is 4.76. The number of aromatic amines is 1. The summed E-state index contributed by atoms with van der Waals surface area (Å²) in [5, 5.41) is 2.96. The normalized spacial score (nSPS) is 14.8. The fourth-order valence-corrected chi connectivity index (χ4v) is 3.25. The van der Waals surface area contributed by atoms with Crippen molar-refractivity contribution in [1.29, 1.82) is 0 Å². The molecule has 2 N–H and O–H groups in total. The SMILES string of the molecule is COc1ccccc1CCNC(=O)CN1CCN(C(=O)c2ccc[nH]2)CC1. The maximum absolute atomic E-state index is 12.3. The first-order valence-corrected chi connectivity index (χ1v) is 9.21. The van der Waals surface area contributed by atoms with E-state index in [0.717, 1.165) is 17.7 Å². The fraction of sp³-hybridized carbons (Fsp3) is 0.400. The lowest BCUT2D eigenvalue weighted by Crippen LogP contribution is -2.51. The van der Waals surface area contributed by atoms with Crippen LogP contribution in [0.5, 0.6) is 5.75 Å². The molecule has 7 nitrogen and oxygen atoms in total. The minimum Gasteiger partial charge on any atom is -0.496 e. The van der Waals surface area contributed by atoms with E-state index in [0.29, 0.717) is 45.0 Å². The molecule has 1 aliphatic rings. The Balaban J connectivity index is 1.37. The van der Waals surface area contributed by atoms with Gasteiger partial charge in [-0.3, -0.25) is 14.5 Å². The molecule has 1 aliphatic heterocycles. The molecule has 0 bridgehead atoms. The van der Waals surface area contributed by atoms with E-state index < -0.39 is 0 Å². The van der Waals surface area contributed by atoms with Gasteiger partial charge in [0.2, 0.25) is 5.91 Å². The summed E-state index contributed by atoms with van der Waals surface area (Å²) in [6.45, 7) is 3.60. The van der Waals surface area contributed by atoms with Crippen LogP contribution in [0.15, 0.2) is 42.6 Å². The quantitative estimate of drug-likeness (QED) is 0.766. The first-order chi connectivity index (χ1) is 13.2. The van der Waals surface area contributed by atoms with Crippen LogP contribution in [0.2, 0.25) is 0 Å². The molecule has 0 atom stereocenters. The maximum Gasteiger partial charge on any atom is 0.270 e. The van der Waals surface area contributed by atoms with Crippen LogP contribution in [0.3, 0.4) is 0 Å². The molecule has 0 saturated carbocycles. The van der Waals surface area contributed by atoms with Gasteiger partial charge in [0.15, 0.2) is 0 Å². The molecular weight excluding hydrogens is 344 g/mol. The molecule has 1 saturated heterocycles. The molecule has 2 aromatic rings. The van der Waals surface area contributed by atoms with E-state index in [4.69, 9.17) is 4.74 Å². The molecule has 7 heteroatoms. The summed E-state index contributed by atoms with van der Waals surface area (Å²) in [7, 11) is 1.65. The second kappa shape index (κ2) is 9.23. The molecule has 27 heavy (non-hydrogen) atoms. The van der Waals surface area contributed by atoms with Gasteiger partial charge in [-0.25, -0.2) is 0 Å². The number of hydrogen-bond donors (Lipinski definition) is 2. The summed E-state index contributed by atoms with van der Waals surface area (Å²) in [5.74, 6) is 0.865. The Morgan fingerprint density at radius 2 is 1.89 bits per heavy atom. The van der Waals surface area contributed by atoms with E-state index in [1.807, 2.05) is 35.2 Å². The Bertz CT molecular complexity index is 752. The Labute approximate surface area is 159 Å². The number of methoxy groups -OCH3 is 1. The average molecular weight is 370 g/mol. The summed E-state index contributed by atoms with van der Waals surface area (Å²) >= 11 is 0. The Hall–Kier alpha value is -2.80. The maximum atomic E-state index is 12.3. The van der Waals surface area contributed by atoms with E-state index in [-0.39, 0.29) is 11.8 Å². The van der Waals surface area contributed by atoms with Gasteiger partial charge in [0.25, 0.3) is 5.91 Å². The zero-order valence-corrected chi connectivity index (χ0v) is 15.6. The summed E-state index contributed by atoms with van der Waals surface area (Å²) in [6, 6.07) is 11.4. The van der Waals surface area contributed by atoms with Crippen LogP contribution >= 0.6 is 0 Å². The van der Waals surface area contributed by atoms with Crippen LogP contribution in [0.25, 0.3) is 0 Å². The van der Waals surface area contributed by atoms with Gasteiger partial charge in [0, 0.05) is 38.9 Å². The standard InChI is InChI=1S/C20H26N4O3/c1-27-18-7-3-2-5-16(18)8-10-22-19(25)15-23-11-13-24(14-12-23)20(26)17-6-4-9-21-17/h2-7,9,21H,8,10-15H2,1H3,(H,22,25). The molecule has 2 amide bonds. The summed E-state index contributed by atoms with van der Waals surface area (Å²) < 4.78 is 5.33. The summed E-state index contributed by atoms with van der Waals surface area (Å²) in [4.78, 5) is 31.3. The van der Waals surface area contributed by atoms with Gasteiger partial charge in [-0.1, -0.05) is 18.2 Å². The zero-order chi connectivity index (χ0) is 19.1. The molecule has 0 unspecified atom stereocenters. The van der Waals surface area contributed by atoms with Crippen LogP contribution in [0.4, 0.5) is 0 Å². The molecular formula is C20H26N4O3. The Kier molecular flexibility index (Phi) is 6.49. The number of H-pyrrole nitrogens is 1. The van der Waals surface area contributed by atoms with Crippen molar-refractivity contribution in [1.82, 2.24) is 20.1 Å². The van der Waals surface area contributed by atoms with Crippen molar-refractivity contribution in [3.8, 4) is 5.75 Å². The molecule has 0 aliphatic carbocycles. The lowest BCUT2D eigenvalue weighted by atomic mass is 10.1. The fourth-order valence-electron chi connectivity index (χ4n) is 3.25. The second-order valence-electron chi connectivity index (χ2n) is 6.56. The number of aromatic nitrogens is 1. The van der Waals surface area contributed by atoms with Crippen molar-refractivity contribution in [2.75, 3.05) is 46.4 Å². The zero-order valence-electron chi connectivity index (χ0n) is 15.6. The first kappa shape index (κ1) is 19.0. The molecule has 3 rings (SSSR count). The number of hydrogen-bond acceptors (Lipinski definition) is 4. The third kappa shape index (κ3) is 5.10. The molecule has 1 aromatic heterocycles.